The number of aromatic nitrogens is 2. The van der Waals surface area contributed by atoms with Crippen LogP contribution >= 0.6 is 0 Å². The predicted octanol–water partition coefficient (Wildman–Crippen LogP) is 9.93. The minimum absolute atomic E-state index is 0. The monoisotopic (exact) mass is 813 g/mol. The normalized spacial score (nSPS) is 12.7. The molecule has 3 aromatic heterocycles. The molecule has 0 fully saturated rings. The third kappa shape index (κ3) is 7.34. The number of nitrogens with zero attached hydrogens (tertiary/aromatic N) is 2. The zero-order valence-corrected chi connectivity index (χ0v) is 30.1. The third-order valence-electron chi connectivity index (χ3n) is 7.22. The molecular formula is C37H37FGeIrN2O-2. The quantitative estimate of drug-likeness (QED) is 0.129. The molecular weight excluding hydrogens is 772 g/mol. The fraction of sp³-hybridized carbons (Fsp3) is 0.243. The van der Waals surface area contributed by atoms with E-state index in [1.807, 2.05) is 76.4 Å². The molecule has 0 atom stereocenters. The molecule has 0 spiro atoms. The van der Waals surface area contributed by atoms with E-state index in [1.165, 1.54) is 16.5 Å². The molecule has 3 heterocycles. The van der Waals surface area contributed by atoms with Gasteiger partial charge in [0.25, 0.3) is 0 Å². The summed E-state index contributed by atoms with van der Waals surface area (Å²) in [6.45, 7) is 7.58. The minimum atomic E-state index is -2.03. The minimum Gasteiger partial charge on any atom is -0.501 e. The van der Waals surface area contributed by atoms with E-state index in [2.05, 4.69) is 45.4 Å². The summed E-state index contributed by atoms with van der Waals surface area (Å²) in [6.07, 6.45) is 3.69. The van der Waals surface area contributed by atoms with Gasteiger partial charge in [0.05, 0.1) is 5.58 Å². The van der Waals surface area contributed by atoms with Crippen LogP contribution in [0.3, 0.4) is 0 Å². The van der Waals surface area contributed by atoms with Gasteiger partial charge >= 0.3 is 120 Å². The number of benzene rings is 3. The predicted molar refractivity (Wildman–Crippen MR) is 175 cm³/mol. The van der Waals surface area contributed by atoms with Crippen molar-refractivity contribution in [3.63, 3.8) is 0 Å². The first-order valence-electron chi connectivity index (χ1n) is 15.1. The van der Waals surface area contributed by atoms with Crippen molar-refractivity contribution in [1.82, 2.24) is 9.97 Å². The molecule has 223 valence electrons. The summed E-state index contributed by atoms with van der Waals surface area (Å²) in [4.78, 5) is 9.03. The van der Waals surface area contributed by atoms with Crippen LogP contribution in [0.15, 0.2) is 89.6 Å². The van der Waals surface area contributed by atoms with Crippen LogP contribution in [0, 0.1) is 17.9 Å². The average Bonchev–Trinajstić information content (AvgIpc) is 3.34. The van der Waals surface area contributed by atoms with Gasteiger partial charge in [0, 0.05) is 33.1 Å². The first-order valence-corrected chi connectivity index (χ1v) is 21.4. The van der Waals surface area contributed by atoms with Crippen molar-refractivity contribution in [2.45, 2.75) is 56.8 Å². The molecule has 0 N–H and O–H groups in total. The number of halogens is 1. The summed E-state index contributed by atoms with van der Waals surface area (Å²) < 4.78 is 37.5. The Morgan fingerprint density at radius 1 is 0.837 bits per heavy atom. The van der Waals surface area contributed by atoms with Gasteiger partial charge in [-0.25, -0.2) is 4.39 Å². The van der Waals surface area contributed by atoms with Crippen LogP contribution in [-0.2, 0) is 20.1 Å². The maximum absolute atomic E-state index is 13.6. The Kier molecular flexibility index (Phi) is 9.52. The Bertz CT molecular complexity index is 1940. The molecule has 6 aromatic rings. The Balaban J connectivity index is 0.000000204. The molecule has 0 aliphatic carbocycles. The van der Waals surface area contributed by atoms with Crippen LogP contribution in [0.2, 0.25) is 17.3 Å². The van der Waals surface area contributed by atoms with Crippen molar-refractivity contribution in [3.8, 4) is 22.5 Å². The number of hydrogen-bond donors (Lipinski definition) is 0. The van der Waals surface area contributed by atoms with Gasteiger partial charge in [0.2, 0.25) is 0 Å². The molecule has 0 amide bonds. The zero-order chi connectivity index (χ0) is 31.9. The van der Waals surface area contributed by atoms with Crippen molar-refractivity contribution in [2.24, 2.45) is 0 Å². The van der Waals surface area contributed by atoms with Gasteiger partial charge in [-0.3, -0.25) is 0 Å². The number of rotatable bonds is 5. The van der Waals surface area contributed by atoms with Gasteiger partial charge in [0.15, 0.2) is 0 Å². The summed E-state index contributed by atoms with van der Waals surface area (Å²) in [6, 6.07) is 28.2. The van der Waals surface area contributed by atoms with Crippen molar-refractivity contribution >= 4 is 39.6 Å². The van der Waals surface area contributed by atoms with E-state index in [4.69, 9.17) is 7.16 Å². The van der Waals surface area contributed by atoms with Gasteiger partial charge < -0.3 is 9.40 Å². The molecule has 6 heteroatoms. The van der Waals surface area contributed by atoms with E-state index in [9.17, 15) is 4.39 Å². The molecule has 43 heavy (non-hydrogen) atoms. The summed E-state index contributed by atoms with van der Waals surface area (Å²) in [5.41, 5.74) is 6.55. The third-order valence-corrected chi connectivity index (χ3v) is 11.4. The largest absolute Gasteiger partial charge is 0.501 e. The van der Waals surface area contributed by atoms with E-state index in [0.717, 1.165) is 38.7 Å². The fourth-order valence-electron chi connectivity index (χ4n) is 4.95. The van der Waals surface area contributed by atoms with Crippen molar-refractivity contribution in [1.29, 1.82) is 0 Å². The van der Waals surface area contributed by atoms with Gasteiger partial charge in [-0.05, 0) is 35.9 Å². The number of hydrogen-bond acceptors (Lipinski definition) is 3. The van der Waals surface area contributed by atoms with E-state index in [-0.39, 0.29) is 25.9 Å². The molecule has 0 saturated heterocycles. The molecule has 0 saturated carbocycles. The maximum atomic E-state index is 13.6. The van der Waals surface area contributed by atoms with E-state index in [1.54, 1.807) is 18.3 Å². The fourth-order valence-corrected chi connectivity index (χ4v) is 8.27. The van der Waals surface area contributed by atoms with Crippen molar-refractivity contribution in [3.05, 3.63) is 114 Å². The molecule has 0 aliphatic rings. The van der Waals surface area contributed by atoms with E-state index < -0.39 is 25.1 Å². The van der Waals surface area contributed by atoms with Gasteiger partial charge in [0.1, 0.15) is 11.4 Å². The Labute approximate surface area is 273 Å². The maximum Gasteiger partial charge on any atom is 0.124 e. The molecule has 3 aromatic carbocycles. The van der Waals surface area contributed by atoms with Crippen LogP contribution in [0.5, 0.6) is 0 Å². The van der Waals surface area contributed by atoms with Crippen LogP contribution in [0.4, 0.5) is 4.39 Å². The molecule has 1 radical (unpaired) electrons. The second kappa shape index (κ2) is 13.7. The smallest absolute Gasteiger partial charge is 0.124 e. The Hall–Kier alpha value is -3.12. The van der Waals surface area contributed by atoms with Crippen LogP contribution in [0.1, 0.15) is 53.4 Å². The van der Waals surface area contributed by atoms with Crippen molar-refractivity contribution < 1.29 is 31.7 Å². The molecule has 0 unspecified atom stereocenters. The summed E-state index contributed by atoms with van der Waals surface area (Å²) in [5, 5.41) is 1.56. The molecule has 0 bridgehead atoms. The first kappa shape index (κ1) is 29.9. The molecule has 0 aliphatic heterocycles. The van der Waals surface area contributed by atoms with Gasteiger partial charge in [-0.15, -0.1) is 18.2 Å². The Morgan fingerprint density at radius 3 is 2.30 bits per heavy atom. The van der Waals surface area contributed by atoms with Crippen LogP contribution in [-0.4, -0.2) is 23.2 Å². The number of pyridine rings is 2. The Morgan fingerprint density at radius 2 is 1.63 bits per heavy atom. The van der Waals surface area contributed by atoms with Gasteiger partial charge in [-0.1, -0.05) is 36.4 Å². The van der Waals surface area contributed by atoms with Crippen LogP contribution < -0.4 is 4.40 Å². The van der Waals surface area contributed by atoms with E-state index >= 15 is 0 Å². The van der Waals surface area contributed by atoms with E-state index in [0.29, 0.717) is 16.9 Å². The summed E-state index contributed by atoms with van der Waals surface area (Å²) in [5.74, 6) is 5.43. The SMILES string of the molecule is [2H]C(C)(C)c1cc(-c2[c-]cccc2)nc[c]1[Ge]([CH3])([CH3])[CH3].[2H]C(C)(C)c1ccnc(-c2[c-]ccc3c2oc2ccc(F)cc23)c1.[Ir]. The standard InChI is InChI=1S/C20H15FNO.C17H22GeN.Ir/c1-12(2)13-8-9-22-18(10-13)16-5-3-4-15-17-11-14(21)6-7-19(17)23-20(15)16;1-13(2)15-11-17(14-9-7-6-8-10-14)19-12-16(15)18(3,4)5;/h3-4,6-12H,1-2H3;6-9,11-13H,1-5H3;/q2*-1;/i12D;13D;. The number of fused-ring (bicyclic) bond motifs is 3. The average molecular weight is 812 g/mol. The number of furan rings is 1. The topological polar surface area (TPSA) is 38.9 Å². The molecule has 3 nitrogen and oxygen atoms in total. The van der Waals surface area contributed by atoms with Crippen molar-refractivity contribution in [2.75, 3.05) is 0 Å². The van der Waals surface area contributed by atoms with Crippen LogP contribution in [0.25, 0.3) is 44.5 Å². The second-order valence-corrected chi connectivity index (χ2v) is 22.5. The van der Waals surface area contributed by atoms with Gasteiger partial charge in [-0.2, -0.15) is 0 Å². The summed E-state index contributed by atoms with van der Waals surface area (Å²) >= 11 is -2.03. The summed E-state index contributed by atoms with van der Waals surface area (Å²) in [7, 11) is 0. The second-order valence-electron chi connectivity index (χ2n) is 11.9. The zero-order valence-electron chi connectivity index (χ0n) is 27.6. The molecule has 6 rings (SSSR count). The first-order chi connectivity index (χ1) is 20.6.